The summed E-state index contributed by atoms with van der Waals surface area (Å²) in [5.74, 6) is -0.213. The van der Waals surface area contributed by atoms with Crippen LogP contribution in [0.1, 0.15) is 15.2 Å². The number of Topliss-reactive ketones (excluding diaryl/α,β-unsaturated/α-hetero) is 1. The lowest BCUT2D eigenvalue weighted by Crippen LogP contribution is -2.00. The summed E-state index contributed by atoms with van der Waals surface area (Å²) in [5.41, 5.74) is 0.966. The second-order valence-electron chi connectivity index (χ2n) is 4.52. The molecule has 2 aromatic carbocycles. The molecule has 0 aliphatic carbocycles. The van der Waals surface area contributed by atoms with E-state index in [1.807, 2.05) is 30.3 Å². The van der Waals surface area contributed by atoms with Crippen LogP contribution in [0.5, 0.6) is 0 Å². The normalized spacial score (nSPS) is 10.9. The Morgan fingerprint density at radius 3 is 2.80 bits per heavy atom. The Kier molecular flexibility index (Phi) is 3.68. The van der Waals surface area contributed by atoms with E-state index in [9.17, 15) is 9.18 Å². The van der Waals surface area contributed by atoms with E-state index in [1.165, 1.54) is 23.5 Å². The molecule has 0 saturated heterocycles. The molecular formula is C16H10BrFOS. The average molecular weight is 349 g/mol. The lowest BCUT2D eigenvalue weighted by Gasteiger charge is -1.99. The molecule has 0 saturated carbocycles. The third kappa shape index (κ3) is 2.81. The quantitative estimate of drug-likeness (QED) is 0.592. The molecule has 0 spiro atoms. The van der Waals surface area contributed by atoms with Gasteiger partial charge in [0, 0.05) is 15.6 Å². The molecule has 0 unspecified atom stereocenters. The summed E-state index contributed by atoms with van der Waals surface area (Å²) in [6.07, 6.45) is 0.356. The van der Waals surface area contributed by atoms with Crippen molar-refractivity contribution in [3.05, 3.63) is 69.3 Å². The van der Waals surface area contributed by atoms with Gasteiger partial charge in [-0.15, -0.1) is 11.3 Å². The first kappa shape index (κ1) is 13.5. The third-order valence-electron chi connectivity index (χ3n) is 3.01. The summed E-state index contributed by atoms with van der Waals surface area (Å²) in [6, 6.07) is 14.1. The van der Waals surface area contributed by atoms with E-state index in [0.29, 0.717) is 11.3 Å². The molecule has 0 fully saturated rings. The molecule has 0 N–H and O–H groups in total. The molecule has 3 rings (SSSR count). The first-order valence-corrected chi connectivity index (χ1v) is 7.69. The lowest BCUT2D eigenvalue weighted by atomic mass is 10.1. The molecule has 0 aliphatic rings. The monoisotopic (exact) mass is 348 g/mol. The number of carbonyl (C=O) groups excluding carboxylic acids is 1. The number of hydrogen-bond acceptors (Lipinski definition) is 2. The van der Waals surface area contributed by atoms with Gasteiger partial charge >= 0.3 is 0 Å². The summed E-state index contributed by atoms with van der Waals surface area (Å²) in [4.78, 5) is 13.0. The highest BCUT2D eigenvalue weighted by Crippen LogP contribution is 2.27. The van der Waals surface area contributed by atoms with Gasteiger partial charge < -0.3 is 0 Å². The van der Waals surface area contributed by atoms with E-state index in [4.69, 9.17) is 0 Å². The van der Waals surface area contributed by atoms with Crippen molar-refractivity contribution in [3.63, 3.8) is 0 Å². The number of rotatable bonds is 3. The van der Waals surface area contributed by atoms with E-state index >= 15 is 0 Å². The molecule has 1 nitrogen and oxygen atoms in total. The lowest BCUT2D eigenvalue weighted by molar-refractivity contribution is 0.0997. The van der Waals surface area contributed by atoms with Crippen LogP contribution in [0.2, 0.25) is 0 Å². The Labute approximate surface area is 128 Å². The molecule has 20 heavy (non-hydrogen) atoms. The number of fused-ring (bicyclic) bond motifs is 1. The summed E-state index contributed by atoms with van der Waals surface area (Å²) in [6.45, 7) is 0. The molecule has 0 aliphatic heterocycles. The number of carbonyl (C=O) groups is 1. The fourth-order valence-electron chi connectivity index (χ4n) is 2.06. The van der Waals surface area contributed by atoms with Crippen LogP contribution in [0, 0.1) is 5.82 Å². The molecule has 0 atom stereocenters. The molecule has 0 radical (unpaired) electrons. The Morgan fingerprint density at radius 1 is 1.15 bits per heavy atom. The van der Waals surface area contributed by atoms with Gasteiger partial charge in [0.2, 0.25) is 0 Å². The first-order valence-electron chi connectivity index (χ1n) is 6.08. The van der Waals surface area contributed by atoms with E-state index in [-0.39, 0.29) is 11.6 Å². The van der Waals surface area contributed by atoms with Crippen LogP contribution in [0.4, 0.5) is 4.39 Å². The number of benzene rings is 2. The fourth-order valence-corrected chi connectivity index (χ4v) is 3.53. The predicted molar refractivity (Wildman–Crippen MR) is 84.0 cm³/mol. The highest BCUT2D eigenvalue weighted by Gasteiger charge is 2.11. The minimum absolute atomic E-state index is 0.0599. The zero-order chi connectivity index (χ0) is 14.1. The molecule has 0 bridgehead atoms. The van der Waals surface area contributed by atoms with Gasteiger partial charge in [0.1, 0.15) is 5.82 Å². The predicted octanol–water partition coefficient (Wildman–Crippen LogP) is 5.23. The summed E-state index contributed by atoms with van der Waals surface area (Å²) >= 11 is 4.74. The number of halogens is 2. The number of thiophene rings is 1. The van der Waals surface area contributed by atoms with Crippen molar-refractivity contribution in [1.29, 1.82) is 0 Å². The van der Waals surface area contributed by atoms with Crippen molar-refractivity contribution in [3.8, 4) is 0 Å². The molecular weight excluding hydrogens is 339 g/mol. The largest absolute Gasteiger partial charge is 0.293 e. The molecule has 100 valence electrons. The van der Waals surface area contributed by atoms with Crippen molar-refractivity contribution in [1.82, 2.24) is 0 Å². The zero-order valence-corrected chi connectivity index (χ0v) is 12.8. The topological polar surface area (TPSA) is 17.1 Å². The Balaban J connectivity index is 1.88. The maximum Gasteiger partial charge on any atom is 0.177 e. The van der Waals surface area contributed by atoms with Crippen molar-refractivity contribution < 1.29 is 9.18 Å². The van der Waals surface area contributed by atoms with Crippen molar-refractivity contribution in [2.75, 3.05) is 0 Å². The third-order valence-corrected chi connectivity index (χ3v) is 4.64. The van der Waals surface area contributed by atoms with Gasteiger partial charge in [-0.25, -0.2) is 4.39 Å². The summed E-state index contributed by atoms with van der Waals surface area (Å²) in [7, 11) is 0. The van der Waals surface area contributed by atoms with E-state index in [0.717, 1.165) is 20.1 Å². The molecule has 1 aromatic heterocycles. The maximum atomic E-state index is 13.2. The molecule has 3 aromatic rings. The Morgan fingerprint density at radius 2 is 2.00 bits per heavy atom. The smallest absolute Gasteiger partial charge is 0.177 e. The van der Waals surface area contributed by atoms with Crippen molar-refractivity contribution >= 4 is 43.1 Å². The van der Waals surface area contributed by atoms with Gasteiger partial charge in [0.15, 0.2) is 5.78 Å². The Bertz CT molecular complexity index is 794. The highest BCUT2D eigenvalue weighted by molar-refractivity contribution is 9.10. The number of hydrogen-bond donors (Lipinski definition) is 0. The highest BCUT2D eigenvalue weighted by atomic mass is 79.9. The minimum atomic E-state index is -0.273. The van der Waals surface area contributed by atoms with Crippen LogP contribution in [0.25, 0.3) is 10.1 Å². The first-order chi connectivity index (χ1) is 9.61. The van der Waals surface area contributed by atoms with Crippen LogP contribution >= 0.6 is 27.3 Å². The van der Waals surface area contributed by atoms with Gasteiger partial charge in [0.25, 0.3) is 0 Å². The minimum Gasteiger partial charge on any atom is -0.293 e. The average Bonchev–Trinajstić information content (AvgIpc) is 2.81. The van der Waals surface area contributed by atoms with Crippen LogP contribution in [-0.4, -0.2) is 5.78 Å². The van der Waals surface area contributed by atoms with Crippen molar-refractivity contribution in [2.24, 2.45) is 0 Å². The molecule has 4 heteroatoms. The zero-order valence-electron chi connectivity index (χ0n) is 10.4. The standard InChI is InChI=1S/C16H10BrFOS/c17-12-3-1-2-10(6-12)7-14(19)16-8-11-4-5-13(18)9-15(11)20-16/h1-6,8-9H,7H2. The molecule has 0 amide bonds. The van der Waals surface area contributed by atoms with E-state index < -0.39 is 0 Å². The maximum absolute atomic E-state index is 13.2. The van der Waals surface area contributed by atoms with Gasteiger partial charge in [-0.05, 0) is 41.3 Å². The number of ketones is 1. The van der Waals surface area contributed by atoms with Gasteiger partial charge in [-0.3, -0.25) is 4.79 Å². The van der Waals surface area contributed by atoms with Crippen molar-refractivity contribution in [2.45, 2.75) is 6.42 Å². The van der Waals surface area contributed by atoms with E-state index in [2.05, 4.69) is 15.9 Å². The Hall–Kier alpha value is -1.52. The van der Waals surface area contributed by atoms with Gasteiger partial charge in [-0.1, -0.05) is 34.1 Å². The second kappa shape index (κ2) is 5.46. The van der Waals surface area contributed by atoms with Crippen LogP contribution in [0.15, 0.2) is 53.0 Å². The second-order valence-corrected chi connectivity index (χ2v) is 6.52. The fraction of sp³-hybridized carbons (Fsp3) is 0.0625. The van der Waals surface area contributed by atoms with Crippen LogP contribution in [-0.2, 0) is 6.42 Å². The van der Waals surface area contributed by atoms with Crippen LogP contribution < -0.4 is 0 Å². The van der Waals surface area contributed by atoms with Gasteiger partial charge in [0.05, 0.1) is 4.88 Å². The molecule has 1 heterocycles. The van der Waals surface area contributed by atoms with Gasteiger partial charge in [-0.2, -0.15) is 0 Å². The summed E-state index contributed by atoms with van der Waals surface area (Å²) in [5, 5.41) is 0.911. The summed E-state index contributed by atoms with van der Waals surface area (Å²) < 4.78 is 14.9. The van der Waals surface area contributed by atoms with Crippen LogP contribution in [0.3, 0.4) is 0 Å². The van der Waals surface area contributed by atoms with E-state index in [1.54, 1.807) is 6.07 Å². The SMILES string of the molecule is O=C(Cc1cccc(Br)c1)c1cc2ccc(F)cc2s1.